The second kappa shape index (κ2) is 8.39. The quantitative estimate of drug-likeness (QED) is 0.521. The molecule has 7 heteroatoms. The van der Waals surface area contributed by atoms with Gasteiger partial charge in [0.15, 0.2) is 11.6 Å². The number of aryl methyl sites for hydroxylation is 1. The molecule has 0 bridgehead atoms. The molecule has 144 valence electrons. The molecule has 28 heavy (non-hydrogen) atoms. The van der Waals surface area contributed by atoms with Crippen molar-refractivity contribution < 1.29 is 14.6 Å². The van der Waals surface area contributed by atoms with Crippen molar-refractivity contribution in [1.82, 2.24) is 9.97 Å². The molecule has 0 saturated carbocycles. The normalized spacial score (nSPS) is 10.9. The van der Waals surface area contributed by atoms with E-state index in [4.69, 9.17) is 9.47 Å². The molecule has 0 aliphatic heterocycles. The average molecular weight is 378 g/mol. The minimum Gasteiger partial charge on any atom is -0.507 e. The first-order chi connectivity index (χ1) is 13.5. The van der Waals surface area contributed by atoms with Crippen LogP contribution in [0.1, 0.15) is 11.3 Å². The van der Waals surface area contributed by atoms with Crippen molar-refractivity contribution in [2.45, 2.75) is 6.92 Å². The highest BCUT2D eigenvalue weighted by Crippen LogP contribution is 2.28. The molecule has 0 atom stereocenters. The molecule has 1 N–H and O–H groups in total. The third-order valence-electron chi connectivity index (χ3n) is 4.13. The third kappa shape index (κ3) is 4.20. The molecule has 1 aromatic heterocycles. The Labute approximate surface area is 163 Å². The van der Waals surface area contributed by atoms with E-state index in [0.717, 1.165) is 11.3 Å². The summed E-state index contributed by atoms with van der Waals surface area (Å²) in [4.78, 5) is 8.97. The van der Waals surface area contributed by atoms with Gasteiger partial charge >= 0.3 is 0 Å². The molecule has 0 fully saturated rings. The van der Waals surface area contributed by atoms with Crippen molar-refractivity contribution in [2.75, 3.05) is 26.3 Å². The number of ether oxygens (including phenoxy) is 2. The zero-order valence-electron chi connectivity index (χ0n) is 16.2. The van der Waals surface area contributed by atoms with Crippen molar-refractivity contribution in [1.29, 1.82) is 0 Å². The fraction of sp³-hybridized carbons (Fsp3) is 0.190. The van der Waals surface area contributed by atoms with Gasteiger partial charge in [-0.1, -0.05) is 12.1 Å². The second-order valence-corrected chi connectivity index (χ2v) is 6.08. The van der Waals surface area contributed by atoms with Gasteiger partial charge in [-0.15, -0.1) is 0 Å². The number of methoxy groups -OCH3 is 2. The Bertz CT molecular complexity index is 1000. The Balaban J connectivity index is 1.90. The molecular formula is C21H22N4O3. The predicted octanol–water partition coefficient (Wildman–Crippen LogP) is 3.65. The van der Waals surface area contributed by atoms with Gasteiger partial charge in [-0.25, -0.2) is 9.97 Å². The van der Waals surface area contributed by atoms with Crippen LogP contribution >= 0.6 is 0 Å². The van der Waals surface area contributed by atoms with Crippen molar-refractivity contribution in [2.24, 2.45) is 5.10 Å². The molecule has 1 heterocycles. The van der Waals surface area contributed by atoms with Crippen LogP contribution in [0.5, 0.6) is 17.2 Å². The Hall–Kier alpha value is -3.61. The van der Waals surface area contributed by atoms with Crippen LogP contribution in [0.15, 0.2) is 53.6 Å². The standard InChI is InChI=1S/C21H22N4O3/c1-14-11-20(24-21(23-14)17-7-5-6-8-18(17)26)25(2)22-13-15-9-10-16(27-3)12-19(15)28-4/h5-13,26H,1-4H3/b22-13-. The van der Waals surface area contributed by atoms with Crippen LogP contribution < -0.4 is 14.5 Å². The molecule has 2 aromatic carbocycles. The van der Waals surface area contributed by atoms with E-state index in [1.165, 1.54) is 0 Å². The van der Waals surface area contributed by atoms with Crippen LogP contribution in [0.25, 0.3) is 11.4 Å². The molecule has 3 aromatic rings. The van der Waals surface area contributed by atoms with Crippen molar-refractivity contribution >= 4 is 12.0 Å². The molecule has 3 rings (SSSR count). The van der Waals surface area contributed by atoms with Crippen LogP contribution in [0, 0.1) is 6.92 Å². The zero-order chi connectivity index (χ0) is 20.1. The molecule has 0 radical (unpaired) electrons. The van der Waals surface area contributed by atoms with Crippen LogP contribution in [-0.2, 0) is 0 Å². The number of hydrogen-bond donors (Lipinski definition) is 1. The van der Waals surface area contributed by atoms with Crippen molar-refractivity contribution in [3.05, 3.63) is 59.8 Å². The van der Waals surface area contributed by atoms with E-state index < -0.39 is 0 Å². The number of anilines is 1. The summed E-state index contributed by atoms with van der Waals surface area (Å²) in [7, 11) is 5.00. The van der Waals surface area contributed by atoms with Crippen LogP contribution in [0.3, 0.4) is 0 Å². The summed E-state index contributed by atoms with van der Waals surface area (Å²) in [5.74, 6) is 2.55. The molecule has 0 saturated heterocycles. The monoisotopic (exact) mass is 378 g/mol. The molecule has 0 aliphatic carbocycles. The maximum absolute atomic E-state index is 10.1. The van der Waals surface area contributed by atoms with E-state index in [1.807, 2.05) is 31.2 Å². The van der Waals surface area contributed by atoms with Gasteiger partial charge in [0.2, 0.25) is 0 Å². The number of rotatable bonds is 6. The number of benzene rings is 2. The zero-order valence-corrected chi connectivity index (χ0v) is 16.2. The highest BCUT2D eigenvalue weighted by Gasteiger charge is 2.11. The van der Waals surface area contributed by atoms with Gasteiger partial charge in [0.1, 0.15) is 17.2 Å². The lowest BCUT2D eigenvalue weighted by atomic mass is 10.2. The average Bonchev–Trinajstić information content (AvgIpc) is 2.71. The summed E-state index contributed by atoms with van der Waals surface area (Å²) in [6.07, 6.45) is 1.69. The topological polar surface area (TPSA) is 80.1 Å². The van der Waals surface area contributed by atoms with E-state index in [-0.39, 0.29) is 5.75 Å². The largest absolute Gasteiger partial charge is 0.507 e. The van der Waals surface area contributed by atoms with Gasteiger partial charge in [-0.05, 0) is 31.2 Å². The molecule has 0 unspecified atom stereocenters. The number of phenolic OH excluding ortho intramolecular Hbond substituents is 1. The third-order valence-corrected chi connectivity index (χ3v) is 4.13. The summed E-state index contributed by atoms with van der Waals surface area (Å²) >= 11 is 0. The van der Waals surface area contributed by atoms with Crippen molar-refractivity contribution in [3.8, 4) is 28.6 Å². The fourth-order valence-electron chi connectivity index (χ4n) is 2.63. The lowest BCUT2D eigenvalue weighted by molar-refractivity contribution is 0.394. The Morgan fingerprint density at radius 3 is 2.54 bits per heavy atom. The van der Waals surface area contributed by atoms with Crippen LogP contribution in [0.2, 0.25) is 0 Å². The Kier molecular flexibility index (Phi) is 5.74. The molecule has 7 nitrogen and oxygen atoms in total. The summed E-state index contributed by atoms with van der Waals surface area (Å²) in [5, 5.41) is 16.2. The van der Waals surface area contributed by atoms with E-state index in [1.54, 1.807) is 56.8 Å². The van der Waals surface area contributed by atoms with Gasteiger partial charge in [-0.3, -0.25) is 5.01 Å². The van der Waals surface area contributed by atoms with Gasteiger partial charge in [-0.2, -0.15) is 5.10 Å². The maximum Gasteiger partial charge on any atom is 0.165 e. The van der Waals surface area contributed by atoms with Gasteiger partial charge < -0.3 is 14.6 Å². The molecule has 0 aliphatic rings. The van der Waals surface area contributed by atoms with E-state index in [0.29, 0.717) is 28.7 Å². The number of phenols is 1. The number of nitrogens with zero attached hydrogens (tertiary/aromatic N) is 4. The lowest BCUT2D eigenvalue weighted by Gasteiger charge is -2.14. The number of hydrazone groups is 1. The van der Waals surface area contributed by atoms with Crippen molar-refractivity contribution in [3.63, 3.8) is 0 Å². The highest BCUT2D eigenvalue weighted by molar-refractivity contribution is 5.84. The number of para-hydroxylation sites is 1. The number of aromatic nitrogens is 2. The smallest absolute Gasteiger partial charge is 0.165 e. The molecule has 0 amide bonds. The Morgan fingerprint density at radius 1 is 1.04 bits per heavy atom. The van der Waals surface area contributed by atoms with Crippen LogP contribution in [0.4, 0.5) is 5.82 Å². The van der Waals surface area contributed by atoms with Gasteiger partial charge in [0.05, 0.1) is 26.0 Å². The van der Waals surface area contributed by atoms with Crippen LogP contribution in [-0.4, -0.2) is 42.6 Å². The minimum absolute atomic E-state index is 0.133. The second-order valence-electron chi connectivity index (χ2n) is 6.08. The SMILES string of the molecule is COc1ccc(/C=N\N(C)c2cc(C)nc(-c3ccccc3O)n2)c(OC)c1. The molecular weight excluding hydrogens is 356 g/mol. The van der Waals surface area contributed by atoms with Gasteiger partial charge in [0.25, 0.3) is 0 Å². The fourth-order valence-corrected chi connectivity index (χ4v) is 2.63. The summed E-state index contributed by atoms with van der Waals surface area (Å²) < 4.78 is 10.6. The maximum atomic E-state index is 10.1. The summed E-state index contributed by atoms with van der Waals surface area (Å²) in [6, 6.07) is 14.3. The summed E-state index contributed by atoms with van der Waals surface area (Å²) in [5.41, 5.74) is 2.15. The van der Waals surface area contributed by atoms with E-state index >= 15 is 0 Å². The Morgan fingerprint density at radius 2 is 1.82 bits per heavy atom. The van der Waals surface area contributed by atoms with E-state index in [2.05, 4.69) is 15.1 Å². The highest BCUT2D eigenvalue weighted by atomic mass is 16.5. The lowest BCUT2D eigenvalue weighted by Crippen LogP contribution is -2.12. The van der Waals surface area contributed by atoms with E-state index in [9.17, 15) is 5.11 Å². The molecule has 0 spiro atoms. The van der Waals surface area contributed by atoms with Gasteiger partial charge in [0, 0.05) is 30.4 Å². The first-order valence-corrected chi connectivity index (χ1v) is 8.65. The first kappa shape index (κ1) is 19.2. The minimum atomic E-state index is 0.133. The first-order valence-electron chi connectivity index (χ1n) is 8.65. The number of aromatic hydroxyl groups is 1. The number of hydrogen-bond acceptors (Lipinski definition) is 7. The predicted molar refractivity (Wildman–Crippen MR) is 109 cm³/mol. The summed E-state index contributed by atoms with van der Waals surface area (Å²) in [6.45, 7) is 1.87.